The van der Waals surface area contributed by atoms with Gasteiger partial charge in [0.05, 0.1) is 5.70 Å². The van der Waals surface area contributed by atoms with Gasteiger partial charge in [-0.05, 0) is 19.1 Å². The van der Waals surface area contributed by atoms with E-state index in [4.69, 9.17) is 6.42 Å². The van der Waals surface area contributed by atoms with Gasteiger partial charge in [-0.25, -0.2) is 0 Å². The van der Waals surface area contributed by atoms with Gasteiger partial charge in [0.1, 0.15) is 0 Å². The van der Waals surface area contributed by atoms with Crippen LogP contribution in [-0.4, -0.2) is 11.4 Å². The van der Waals surface area contributed by atoms with Crippen molar-refractivity contribution < 1.29 is 0 Å². The van der Waals surface area contributed by atoms with Gasteiger partial charge in [-0.15, -0.1) is 12.2 Å². The highest BCUT2D eigenvalue weighted by atomic mass is 15.1. The van der Waals surface area contributed by atoms with Gasteiger partial charge < -0.3 is 4.90 Å². The van der Waals surface area contributed by atoms with Crippen molar-refractivity contribution in [1.29, 1.82) is 0 Å². The second-order valence-corrected chi connectivity index (χ2v) is 2.41. The van der Waals surface area contributed by atoms with Gasteiger partial charge >= 0.3 is 0 Å². The van der Waals surface area contributed by atoms with Crippen LogP contribution in [0.1, 0.15) is 6.92 Å². The summed E-state index contributed by atoms with van der Waals surface area (Å²) in [5.41, 5.74) is 4.70. The fourth-order valence-electron chi connectivity index (χ4n) is 1.05. The van der Waals surface area contributed by atoms with Gasteiger partial charge in [-0.3, -0.25) is 0 Å². The average Bonchev–Trinajstić information content (AvgIpc) is 2.16. The first-order chi connectivity index (χ1) is 5.81. The Hall–Kier alpha value is -1.64. The molecule has 1 rings (SSSR count). The number of hydrogen-bond donors (Lipinski definition) is 0. The first-order valence-corrected chi connectivity index (χ1v) is 3.85. The van der Waals surface area contributed by atoms with Crippen molar-refractivity contribution in [1.82, 2.24) is 4.90 Å². The molecule has 12 heavy (non-hydrogen) atoms. The van der Waals surface area contributed by atoms with Crippen LogP contribution in [0.15, 0.2) is 41.9 Å². The first-order valence-electron chi connectivity index (χ1n) is 3.85. The number of terminal acetylenes is 1. The second kappa shape index (κ2) is 3.67. The molecule has 1 heterocycles. The number of allylic oxidation sites excluding steroid dienone is 3. The van der Waals surface area contributed by atoms with Crippen LogP contribution < -0.4 is 0 Å². The molecule has 0 aromatic heterocycles. The zero-order chi connectivity index (χ0) is 8.97. The molecular weight excluding hydrogens is 146 g/mol. The molecule has 1 heteroatoms. The van der Waals surface area contributed by atoms with Crippen LogP contribution in [0.4, 0.5) is 0 Å². The van der Waals surface area contributed by atoms with Gasteiger partial charge in [0.25, 0.3) is 0 Å². The quantitative estimate of drug-likeness (QED) is 0.416. The summed E-state index contributed by atoms with van der Waals surface area (Å²) in [6, 6.07) is 0. The van der Waals surface area contributed by atoms with E-state index in [9.17, 15) is 0 Å². The zero-order valence-corrected chi connectivity index (χ0v) is 7.17. The summed E-state index contributed by atoms with van der Waals surface area (Å²) < 4.78 is 0. The summed E-state index contributed by atoms with van der Waals surface area (Å²) in [6.07, 6.45) is 11.0. The van der Waals surface area contributed by atoms with Crippen molar-refractivity contribution in [3.8, 4) is 12.3 Å². The topological polar surface area (TPSA) is 3.24 Å². The van der Waals surface area contributed by atoms with Gasteiger partial charge in [0, 0.05) is 18.3 Å². The van der Waals surface area contributed by atoms with Gasteiger partial charge in [-0.2, -0.15) is 0 Å². The molecule has 1 nitrogen and oxygen atoms in total. The van der Waals surface area contributed by atoms with Gasteiger partial charge in [0.15, 0.2) is 0 Å². The Kier molecular flexibility index (Phi) is 2.58. The Morgan fingerprint density at radius 2 is 2.33 bits per heavy atom. The van der Waals surface area contributed by atoms with Gasteiger partial charge in [0.2, 0.25) is 0 Å². The summed E-state index contributed by atoms with van der Waals surface area (Å²) in [7, 11) is 0. The van der Waals surface area contributed by atoms with Crippen LogP contribution in [0.5, 0.6) is 0 Å². The monoisotopic (exact) mass is 157 g/mol. The molecule has 0 aromatic rings. The molecule has 0 saturated carbocycles. The predicted octanol–water partition coefficient (Wildman–Crippen LogP) is 2.06. The van der Waals surface area contributed by atoms with Gasteiger partial charge in [-0.1, -0.05) is 12.5 Å². The third-order valence-corrected chi connectivity index (χ3v) is 1.71. The second-order valence-electron chi connectivity index (χ2n) is 2.41. The third kappa shape index (κ3) is 1.50. The van der Waals surface area contributed by atoms with E-state index < -0.39 is 0 Å². The Balaban J connectivity index is 2.99. The molecule has 0 spiro atoms. The fraction of sp³-hybridized carbons (Fsp3) is 0.182. The molecule has 0 unspecified atom stereocenters. The highest BCUT2D eigenvalue weighted by Crippen LogP contribution is 2.14. The van der Waals surface area contributed by atoms with Crippen LogP contribution in [0, 0.1) is 12.3 Å². The summed E-state index contributed by atoms with van der Waals surface area (Å²) in [6.45, 7) is 6.54. The summed E-state index contributed by atoms with van der Waals surface area (Å²) in [5.74, 6) is 2.58. The molecular formula is C11H11N. The number of hydrogen-bond acceptors (Lipinski definition) is 1. The molecule has 1 aliphatic rings. The molecule has 0 amide bonds. The molecule has 1 aliphatic heterocycles. The van der Waals surface area contributed by atoms with E-state index >= 15 is 0 Å². The number of nitrogens with zero attached hydrogens (tertiary/aromatic N) is 1. The minimum Gasteiger partial charge on any atom is -0.341 e. The maximum absolute atomic E-state index is 5.27. The SMILES string of the molecule is C#CC1=CN(CC)C(=C=C)C=C1. The Bertz CT molecular complexity index is 319. The standard InChI is InChI=1S/C11H11N/c1-4-10-7-8-11(5-2)12(6-3)9-10/h1,7-9H,2,6H2,3H3. The summed E-state index contributed by atoms with van der Waals surface area (Å²) >= 11 is 0. The van der Waals surface area contributed by atoms with Crippen LogP contribution in [0.25, 0.3) is 0 Å². The molecule has 60 valence electrons. The highest BCUT2D eigenvalue weighted by molar-refractivity contribution is 5.42. The third-order valence-electron chi connectivity index (χ3n) is 1.71. The van der Waals surface area contributed by atoms with E-state index in [1.165, 1.54) is 0 Å². The van der Waals surface area contributed by atoms with Crippen LogP contribution in [-0.2, 0) is 0 Å². The maximum atomic E-state index is 5.27. The molecule has 0 fully saturated rings. The molecule has 0 aliphatic carbocycles. The van der Waals surface area contributed by atoms with Crippen molar-refractivity contribution in [3.63, 3.8) is 0 Å². The largest absolute Gasteiger partial charge is 0.341 e. The Morgan fingerprint density at radius 3 is 2.83 bits per heavy atom. The van der Waals surface area contributed by atoms with E-state index in [2.05, 4.69) is 25.2 Å². The van der Waals surface area contributed by atoms with E-state index in [0.717, 1.165) is 17.8 Å². The van der Waals surface area contributed by atoms with Crippen molar-refractivity contribution in [2.75, 3.05) is 6.54 Å². The van der Waals surface area contributed by atoms with E-state index in [-0.39, 0.29) is 0 Å². The molecule has 0 saturated heterocycles. The lowest BCUT2D eigenvalue weighted by Crippen LogP contribution is -2.16. The van der Waals surface area contributed by atoms with Crippen LogP contribution in [0.2, 0.25) is 0 Å². The molecule has 0 N–H and O–H groups in total. The lowest BCUT2D eigenvalue weighted by atomic mass is 10.2. The van der Waals surface area contributed by atoms with Crippen molar-refractivity contribution in [2.45, 2.75) is 6.92 Å². The molecule has 0 radical (unpaired) electrons. The molecule has 0 bridgehead atoms. The van der Waals surface area contributed by atoms with Crippen LogP contribution in [0.3, 0.4) is 0 Å². The zero-order valence-electron chi connectivity index (χ0n) is 7.17. The minimum atomic E-state index is 0.882. The van der Waals surface area contributed by atoms with E-state index in [1.54, 1.807) is 0 Å². The predicted molar refractivity (Wildman–Crippen MR) is 51.1 cm³/mol. The van der Waals surface area contributed by atoms with E-state index in [1.807, 2.05) is 23.3 Å². The summed E-state index contributed by atoms with van der Waals surface area (Å²) in [4.78, 5) is 2.02. The number of likely N-dealkylation sites (N-methyl/N-ethyl adjacent to an activating group) is 1. The van der Waals surface area contributed by atoms with Crippen molar-refractivity contribution >= 4 is 0 Å². The van der Waals surface area contributed by atoms with Crippen molar-refractivity contribution in [3.05, 3.63) is 41.9 Å². The Labute approximate surface area is 73.4 Å². The Morgan fingerprint density at radius 1 is 1.58 bits per heavy atom. The molecule has 0 atom stereocenters. The lowest BCUT2D eigenvalue weighted by Gasteiger charge is -2.21. The molecule has 0 aromatic carbocycles. The van der Waals surface area contributed by atoms with Crippen LogP contribution >= 0.6 is 0 Å². The smallest absolute Gasteiger partial charge is 0.0834 e. The summed E-state index contributed by atoms with van der Waals surface area (Å²) in [5, 5.41) is 0. The first kappa shape index (κ1) is 8.46. The van der Waals surface area contributed by atoms with E-state index in [0.29, 0.717) is 0 Å². The number of rotatable bonds is 1. The normalized spacial score (nSPS) is 15.2. The fourth-order valence-corrected chi connectivity index (χ4v) is 1.05. The minimum absolute atomic E-state index is 0.882. The lowest BCUT2D eigenvalue weighted by molar-refractivity contribution is 0.502. The highest BCUT2D eigenvalue weighted by Gasteiger charge is 2.05. The maximum Gasteiger partial charge on any atom is 0.0834 e. The van der Waals surface area contributed by atoms with Crippen molar-refractivity contribution in [2.24, 2.45) is 0 Å². The average molecular weight is 157 g/mol.